The Balaban J connectivity index is 3.29. The third-order valence-corrected chi connectivity index (χ3v) is 3.23. The maximum Gasteiger partial charge on any atom is 0.305 e. The molecule has 152 valence electrons. The average molecular weight is 390 g/mol. The molecule has 0 aromatic carbocycles. The Hall–Kier alpha value is -2.69. The largest absolute Gasteiger partial charge is 0.463 e. The van der Waals surface area contributed by atoms with Crippen molar-refractivity contribution in [2.75, 3.05) is 6.61 Å². The lowest BCUT2D eigenvalue weighted by Gasteiger charge is -2.43. The van der Waals surface area contributed by atoms with Gasteiger partial charge in [0, 0.05) is 34.6 Å². The van der Waals surface area contributed by atoms with Crippen LogP contribution in [0.3, 0.4) is 0 Å². The number of hydrogen-bond donors (Lipinski definition) is 0. The van der Waals surface area contributed by atoms with Crippen molar-refractivity contribution in [2.45, 2.75) is 65.3 Å². The summed E-state index contributed by atoms with van der Waals surface area (Å²) in [5, 5.41) is 0. The van der Waals surface area contributed by atoms with E-state index in [-0.39, 0.29) is 0 Å². The van der Waals surface area contributed by atoms with E-state index in [0.29, 0.717) is 0 Å². The standard InChI is InChI=1S/C16H22O11/c1-7(17)22-6-12-13(23-8(2)18)14(24-9(3)19)15(25-10(4)20)16(27-12)26-11(5)21/h12-16H,6H2,1-5H3/t12?,13-,14?,15+,16+/m1/s1. The van der Waals surface area contributed by atoms with Gasteiger partial charge in [0.15, 0.2) is 12.2 Å². The first-order valence-corrected chi connectivity index (χ1v) is 7.99. The van der Waals surface area contributed by atoms with Crippen LogP contribution in [-0.2, 0) is 52.4 Å². The molecule has 0 amide bonds. The Morgan fingerprint density at radius 3 is 1.52 bits per heavy atom. The van der Waals surface area contributed by atoms with Crippen LogP contribution in [0.4, 0.5) is 0 Å². The molecule has 27 heavy (non-hydrogen) atoms. The second kappa shape index (κ2) is 9.86. The van der Waals surface area contributed by atoms with E-state index in [9.17, 15) is 24.0 Å². The van der Waals surface area contributed by atoms with Crippen molar-refractivity contribution in [1.29, 1.82) is 0 Å². The Bertz CT molecular complexity index is 599. The van der Waals surface area contributed by atoms with Crippen LogP contribution in [0.5, 0.6) is 0 Å². The highest BCUT2D eigenvalue weighted by Gasteiger charge is 2.53. The smallest absolute Gasteiger partial charge is 0.305 e. The summed E-state index contributed by atoms with van der Waals surface area (Å²) in [7, 11) is 0. The van der Waals surface area contributed by atoms with Crippen LogP contribution in [0.1, 0.15) is 34.6 Å². The second-order valence-electron chi connectivity index (χ2n) is 5.68. The van der Waals surface area contributed by atoms with Crippen LogP contribution in [0.15, 0.2) is 0 Å². The summed E-state index contributed by atoms with van der Waals surface area (Å²) < 4.78 is 30.8. The van der Waals surface area contributed by atoms with Gasteiger partial charge >= 0.3 is 29.8 Å². The lowest BCUT2D eigenvalue weighted by Crippen LogP contribution is -2.63. The predicted molar refractivity (Wildman–Crippen MR) is 83.7 cm³/mol. The molecule has 0 saturated carbocycles. The Morgan fingerprint density at radius 1 is 0.630 bits per heavy atom. The minimum Gasteiger partial charge on any atom is -0.463 e. The molecule has 0 N–H and O–H groups in total. The number of carbonyl (C=O) groups excluding carboxylic acids is 5. The van der Waals surface area contributed by atoms with E-state index < -0.39 is 67.2 Å². The van der Waals surface area contributed by atoms with Crippen molar-refractivity contribution in [3.05, 3.63) is 0 Å². The van der Waals surface area contributed by atoms with Crippen molar-refractivity contribution in [3.63, 3.8) is 0 Å². The van der Waals surface area contributed by atoms with Gasteiger partial charge in [-0.05, 0) is 0 Å². The van der Waals surface area contributed by atoms with Crippen molar-refractivity contribution >= 4 is 29.8 Å². The van der Waals surface area contributed by atoms with Crippen LogP contribution < -0.4 is 0 Å². The summed E-state index contributed by atoms with van der Waals surface area (Å²) in [6, 6.07) is 0. The summed E-state index contributed by atoms with van der Waals surface area (Å²) >= 11 is 0. The van der Waals surface area contributed by atoms with Crippen LogP contribution in [0, 0.1) is 0 Å². The molecule has 0 aromatic rings. The molecule has 11 nitrogen and oxygen atoms in total. The first kappa shape index (κ1) is 22.4. The van der Waals surface area contributed by atoms with Gasteiger partial charge in [-0.3, -0.25) is 24.0 Å². The van der Waals surface area contributed by atoms with Crippen molar-refractivity contribution < 1.29 is 52.4 Å². The van der Waals surface area contributed by atoms with E-state index in [1.807, 2.05) is 0 Å². The molecule has 0 aromatic heterocycles. The monoisotopic (exact) mass is 390 g/mol. The molecule has 0 aliphatic carbocycles. The molecule has 1 fully saturated rings. The second-order valence-corrected chi connectivity index (χ2v) is 5.68. The van der Waals surface area contributed by atoms with Gasteiger partial charge in [0.2, 0.25) is 12.4 Å². The van der Waals surface area contributed by atoms with E-state index in [0.717, 1.165) is 34.6 Å². The number of rotatable bonds is 6. The third-order valence-electron chi connectivity index (χ3n) is 3.23. The Kier molecular flexibility index (Phi) is 8.16. The molecule has 2 unspecified atom stereocenters. The maximum absolute atomic E-state index is 11.5. The molecular weight excluding hydrogens is 368 g/mol. The van der Waals surface area contributed by atoms with Gasteiger partial charge < -0.3 is 28.4 Å². The molecule has 1 rings (SSSR count). The fourth-order valence-corrected chi connectivity index (χ4v) is 2.45. The lowest BCUT2D eigenvalue weighted by molar-refractivity contribution is -0.300. The van der Waals surface area contributed by atoms with Gasteiger partial charge in [-0.15, -0.1) is 0 Å². The van der Waals surface area contributed by atoms with Gasteiger partial charge in [0.1, 0.15) is 12.7 Å². The molecule has 11 heteroatoms. The van der Waals surface area contributed by atoms with E-state index >= 15 is 0 Å². The minimum absolute atomic E-state index is 0.393. The van der Waals surface area contributed by atoms with Crippen molar-refractivity contribution in [3.8, 4) is 0 Å². The topological polar surface area (TPSA) is 141 Å². The molecule has 0 radical (unpaired) electrons. The molecule has 0 bridgehead atoms. The number of carbonyl (C=O) groups is 5. The predicted octanol–water partition coefficient (Wildman–Crippen LogP) is -0.367. The number of ether oxygens (including phenoxy) is 6. The summed E-state index contributed by atoms with van der Waals surface area (Å²) in [6.45, 7) is 5.13. The first-order valence-electron chi connectivity index (χ1n) is 7.99. The summed E-state index contributed by atoms with van der Waals surface area (Å²) in [5.74, 6) is -3.71. The lowest BCUT2D eigenvalue weighted by atomic mass is 9.98. The number of esters is 5. The molecular formula is C16H22O11. The van der Waals surface area contributed by atoms with E-state index in [1.54, 1.807) is 0 Å². The van der Waals surface area contributed by atoms with Crippen LogP contribution in [-0.4, -0.2) is 67.2 Å². The number of hydrogen-bond acceptors (Lipinski definition) is 11. The molecule has 1 heterocycles. The van der Waals surface area contributed by atoms with Crippen LogP contribution in [0.25, 0.3) is 0 Å². The van der Waals surface area contributed by atoms with Crippen LogP contribution >= 0.6 is 0 Å². The minimum atomic E-state index is -1.48. The van der Waals surface area contributed by atoms with Gasteiger partial charge in [-0.1, -0.05) is 0 Å². The van der Waals surface area contributed by atoms with Crippen molar-refractivity contribution in [1.82, 2.24) is 0 Å². The van der Waals surface area contributed by atoms with Gasteiger partial charge in [0.05, 0.1) is 0 Å². The van der Waals surface area contributed by atoms with E-state index in [4.69, 9.17) is 28.4 Å². The highest BCUT2D eigenvalue weighted by Crippen LogP contribution is 2.29. The highest BCUT2D eigenvalue weighted by atomic mass is 16.7. The quantitative estimate of drug-likeness (QED) is 0.433. The molecule has 1 saturated heterocycles. The SMILES string of the molecule is CC(=O)OCC1O[C@H](OC(C)=O)[C@@H](OC(C)=O)C(OC(C)=O)[C@@H]1OC(C)=O. The molecule has 5 atom stereocenters. The Labute approximate surface area is 155 Å². The summed E-state index contributed by atoms with van der Waals surface area (Å²) in [4.78, 5) is 57.0. The van der Waals surface area contributed by atoms with Gasteiger partial charge in [-0.25, -0.2) is 0 Å². The average Bonchev–Trinajstić information content (AvgIpc) is 2.49. The highest BCUT2D eigenvalue weighted by molar-refractivity contribution is 5.69. The molecule has 1 aliphatic rings. The zero-order valence-electron chi connectivity index (χ0n) is 15.6. The van der Waals surface area contributed by atoms with E-state index in [1.165, 1.54) is 0 Å². The fraction of sp³-hybridized carbons (Fsp3) is 0.688. The van der Waals surface area contributed by atoms with Gasteiger partial charge in [0.25, 0.3) is 0 Å². The molecule has 1 aliphatic heterocycles. The summed E-state index contributed by atoms with van der Waals surface area (Å²) in [5.41, 5.74) is 0. The third kappa shape index (κ3) is 7.21. The van der Waals surface area contributed by atoms with Crippen molar-refractivity contribution in [2.24, 2.45) is 0 Å². The zero-order valence-corrected chi connectivity index (χ0v) is 15.6. The van der Waals surface area contributed by atoms with E-state index in [2.05, 4.69) is 0 Å². The molecule has 0 spiro atoms. The summed E-state index contributed by atoms with van der Waals surface area (Å²) in [6.07, 6.45) is -6.70. The maximum atomic E-state index is 11.5. The first-order chi connectivity index (χ1) is 12.5. The normalized spacial score (nSPS) is 27.1. The zero-order chi connectivity index (χ0) is 20.7. The van der Waals surface area contributed by atoms with Crippen LogP contribution in [0.2, 0.25) is 0 Å². The fourth-order valence-electron chi connectivity index (χ4n) is 2.45. The van der Waals surface area contributed by atoms with Gasteiger partial charge in [-0.2, -0.15) is 0 Å². The Morgan fingerprint density at radius 2 is 1.07 bits per heavy atom.